The van der Waals surface area contributed by atoms with Gasteiger partial charge in [-0.2, -0.15) is 0 Å². The molecule has 1 aliphatic rings. The van der Waals surface area contributed by atoms with Gasteiger partial charge in [0.1, 0.15) is 13.2 Å². The van der Waals surface area contributed by atoms with Gasteiger partial charge in [0, 0.05) is 25.2 Å². The fourth-order valence-corrected chi connectivity index (χ4v) is 4.46. The SMILES string of the molecule is NC(=Nc1ccc(C(=O)N2CCCC(C(=O)NCCC(=O)OCc3ccccc3)C2)cc1)C(=O)OCc1ccccc1. The summed E-state index contributed by atoms with van der Waals surface area (Å²) in [6.45, 7) is 1.26. The second kappa shape index (κ2) is 15.1. The Morgan fingerprint density at radius 2 is 1.48 bits per heavy atom. The van der Waals surface area contributed by atoms with Crippen LogP contribution in [-0.4, -0.2) is 54.1 Å². The number of aliphatic imine (C=N–C) groups is 1. The molecule has 0 radical (unpaired) electrons. The molecule has 218 valence electrons. The Morgan fingerprint density at radius 3 is 2.12 bits per heavy atom. The summed E-state index contributed by atoms with van der Waals surface area (Å²) < 4.78 is 10.4. The van der Waals surface area contributed by atoms with E-state index in [1.165, 1.54) is 0 Å². The third-order valence-corrected chi connectivity index (χ3v) is 6.74. The molecule has 10 heteroatoms. The minimum atomic E-state index is -0.735. The fourth-order valence-electron chi connectivity index (χ4n) is 4.46. The van der Waals surface area contributed by atoms with E-state index in [1.54, 1.807) is 29.2 Å². The maximum atomic E-state index is 13.1. The van der Waals surface area contributed by atoms with Gasteiger partial charge in [-0.1, -0.05) is 60.7 Å². The molecule has 10 nitrogen and oxygen atoms in total. The number of amides is 2. The monoisotopic (exact) mass is 570 g/mol. The summed E-state index contributed by atoms with van der Waals surface area (Å²) in [5.74, 6) is -2.18. The van der Waals surface area contributed by atoms with Crippen molar-refractivity contribution >= 4 is 35.3 Å². The predicted molar refractivity (Wildman–Crippen MR) is 156 cm³/mol. The molecule has 0 aliphatic carbocycles. The number of ether oxygens (including phenoxy) is 2. The van der Waals surface area contributed by atoms with Crippen LogP contribution in [0.25, 0.3) is 0 Å². The number of amidine groups is 1. The van der Waals surface area contributed by atoms with Gasteiger partial charge in [-0.3, -0.25) is 14.4 Å². The Hall–Kier alpha value is -4.99. The quantitative estimate of drug-likeness (QED) is 0.216. The number of esters is 2. The van der Waals surface area contributed by atoms with Crippen LogP contribution in [0, 0.1) is 5.92 Å². The molecule has 3 aromatic rings. The molecule has 0 bridgehead atoms. The van der Waals surface area contributed by atoms with E-state index in [0.717, 1.165) is 11.1 Å². The third kappa shape index (κ3) is 9.02. The number of likely N-dealkylation sites (tertiary alicyclic amines) is 1. The normalized spacial score (nSPS) is 15.0. The summed E-state index contributed by atoms with van der Waals surface area (Å²) in [5.41, 5.74) is 8.36. The number of benzene rings is 3. The van der Waals surface area contributed by atoms with E-state index >= 15 is 0 Å². The van der Waals surface area contributed by atoms with Crippen LogP contribution in [0.3, 0.4) is 0 Å². The summed E-state index contributed by atoms with van der Waals surface area (Å²) in [7, 11) is 0. The lowest BCUT2D eigenvalue weighted by atomic mass is 9.96. The van der Waals surface area contributed by atoms with Crippen LogP contribution in [0.5, 0.6) is 0 Å². The summed E-state index contributed by atoms with van der Waals surface area (Å²) in [4.78, 5) is 55.8. The van der Waals surface area contributed by atoms with E-state index in [4.69, 9.17) is 15.2 Å². The molecule has 42 heavy (non-hydrogen) atoms. The van der Waals surface area contributed by atoms with Gasteiger partial charge in [0.25, 0.3) is 5.91 Å². The van der Waals surface area contributed by atoms with Gasteiger partial charge in [0.05, 0.1) is 18.0 Å². The third-order valence-electron chi connectivity index (χ3n) is 6.74. The standard InChI is InChI=1S/C32H34N4O6/c33-29(32(40)42-22-24-10-5-2-6-11-24)35-27-15-13-25(14-16-27)31(39)36-19-7-12-26(20-36)30(38)34-18-17-28(37)41-21-23-8-3-1-4-9-23/h1-6,8-11,13-16,26H,7,12,17-22H2,(H2,33,35)(H,34,38). The molecular weight excluding hydrogens is 536 g/mol. The largest absolute Gasteiger partial charge is 0.461 e. The van der Waals surface area contributed by atoms with E-state index in [-0.39, 0.29) is 56.3 Å². The minimum Gasteiger partial charge on any atom is -0.461 e. The van der Waals surface area contributed by atoms with Crippen molar-refractivity contribution in [2.24, 2.45) is 16.6 Å². The molecule has 2 amide bonds. The van der Waals surface area contributed by atoms with Gasteiger partial charge >= 0.3 is 11.9 Å². The van der Waals surface area contributed by atoms with Crippen LogP contribution in [0.2, 0.25) is 0 Å². The van der Waals surface area contributed by atoms with Crippen molar-refractivity contribution in [2.45, 2.75) is 32.5 Å². The number of nitrogens with zero attached hydrogens (tertiary/aromatic N) is 2. The van der Waals surface area contributed by atoms with Crippen molar-refractivity contribution in [3.63, 3.8) is 0 Å². The summed E-state index contributed by atoms with van der Waals surface area (Å²) in [6.07, 6.45) is 1.41. The first-order valence-corrected chi connectivity index (χ1v) is 13.8. The lowest BCUT2D eigenvalue weighted by Gasteiger charge is -2.32. The molecule has 1 heterocycles. The molecule has 1 fully saturated rings. The number of nitrogens with two attached hydrogens (primary N) is 1. The Labute approximate surface area is 244 Å². The average molecular weight is 571 g/mol. The minimum absolute atomic E-state index is 0.0675. The highest BCUT2D eigenvalue weighted by Gasteiger charge is 2.29. The molecule has 1 unspecified atom stereocenters. The van der Waals surface area contributed by atoms with Gasteiger partial charge < -0.3 is 25.4 Å². The molecule has 0 saturated carbocycles. The summed E-state index contributed by atoms with van der Waals surface area (Å²) in [6, 6.07) is 25.0. The van der Waals surface area contributed by atoms with Crippen LogP contribution >= 0.6 is 0 Å². The first kappa shape index (κ1) is 30.0. The number of hydrogen-bond acceptors (Lipinski definition) is 7. The number of rotatable bonds is 10. The van der Waals surface area contributed by atoms with Crippen molar-refractivity contribution in [3.8, 4) is 0 Å². The lowest BCUT2D eigenvalue weighted by molar-refractivity contribution is -0.145. The molecular formula is C32H34N4O6. The number of carbonyl (C=O) groups excluding carboxylic acids is 4. The Morgan fingerprint density at radius 1 is 0.857 bits per heavy atom. The average Bonchev–Trinajstić information content (AvgIpc) is 3.03. The van der Waals surface area contributed by atoms with Crippen LogP contribution in [0.4, 0.5) is 5.69 Å². The first-order chi connectivity index (χ1) is 20.4. The number of nitrogens with one attached hydrogen (secondary N) is 1. The summed E-state index contributed by atoms with van der Waals surface area (Å²) in [5, 5.41) is 2.79. The van der Waals surface area contributed by atoms with Crippen LogP contribution in [0.15, 0.2) is 89.9 Å². The number of hydrogen-bond donors (Lipinski definition) is 2. The smallest absolute Gasteiger partial charge is 0.374 e. The van der Waals surface area contributed by atoms with Gasteiger partial charge in [-0.05, 0) is 48.2 Å². The van der Waals surface area contributed by atoms with Crippen molar-refractivity contribution in [2.75, 3.05) is 19.6 Å². The first-order valence-electron chi connectivity index (χ1n) is 13.8. The van der Waals surface area contributed by atoms with Crippen molar-refractivity contribution < 1.29 is 28.7 Å². The maximum absolute atomic E-state index is 13.1. The highest BCUT2D eigenvalue weighted by atomic mass is 16.5. The Bertz CT molecular complexity index is 1390. The molecule has 0 spiro atoms. The Kier molecular flexibility index (Phi) is 10.8. The maximum Gasteiger partial charge on any atom is 0.374 e. The molecule has 1 atom stereocenters. The second-order valence-electron chi connectivity index (χ2n) is 9.88. The van der Waals surface area contributed by atoms with Crippen molar-refractivity contribution in [3.05, 3.63) is 102 Å². The van der Waals surface area contributed by atoms with Crippen molar-refractivity contribution in [1.29, 1.82) is 0 Å². The van der Waals surface area contributed by atoms with E-state index < -0.39 is 11.9 Å². The molecule has 4 rings (SSSR count). The zero-order valence-electron chi connectivity index (χ0n) is 23.2. The van der Waals surface area contributed by atoms with Gasteiger partial charge in [-0.25, -0.2) is 9.79 Å². The molecule has 3 N–H and O–H groups in total. The van der Waals surface area contributed by atoms with Crippen LogP contribution < -0.4 is 11.1 Å². The molecule has 1 saturated heterocycles. The van der Waals surface area contributed by atoms with E-state index in [9.17, 15) is 19.2 Å². The molecule has 0 aromatic heterocycles. The van der Waals surface area contributed by atoms with E-state index in [2.05, 4.69) is 10.3 Å². The Balaban J connectivity index is 1.21. The zero-order valence-corrected chi connectivity index (χ0v) is 23.2. The molecule has 3 aromatic carbocycles. The molecule has 1 aliphatic heterocycles. The summed E-state index contributed by atoms with van der Waals surface area (Å²) >= 11 is 0. The highest BCUT2D eigenvalue weighted by molar-refractivity contribution is 6.35. The van der Waals surface area contributed by atoms with Crippen LogP contribution in [0.1, 0.15) is 40.7 Å². The lowest BCUT2D eigenvalue weighted by Crippen LogP contribution is -2.45. The second-order valence-corrected chi connectivity index (χ2v) is 9.88. The van der Waals surface area contributed by atoms with Gasteiger partial charge in [-0.15, -0.1) is 0 Å². The van der Waals surface area contributed by atoms with Crippen LogP contribution in [-0.2, 0) is 37.1 Å². The number of piperidine rings is 1. The van der Waals surface area contributed by atoms with Gasteiger partial charge in [0.15, 0.2) is 0 Å². The number of carbonyl (C=O) groups is 4. The van der Waals surface area contributed by atoms with Crippen molar-refractivity contribution in [1.82, 2.24) is 10.2 Å². The fraction of sp³-hybridized carbons (Fsp3) is 0.281. The van der Waals surface area contributed by atoms with E-state index in [1.807, 2.05) is 60.7 Å². The van der Waals surface area contributed by atoms with Gasteiger partial charge in [0.2, 0.25) is 11.7 Å². The predicted octanol–water partition coefficient (Wildman–Crippen LogP) is 3.52. The van der Waals surface area contributed by atoms with E-state index in [0.29, 0.717) is 30.6 Å². The zero-order chi connectivity index (χ0) is 29.7. The topological polar surface area (TPSA) is 140 Å². The highest BCUT2D eigenvalue weighted by Crippen LogP contribution is 2.21.